The summed E-state index contributed by atoms with van der Waals surface area (Å²) in [4.78, 5) is 10.8. The van der Waals surface area contributed by atoms with Crippen molar-refractivity contribution in [3.8, 4) is 0 Å². The van der Waals surface area contributed by atoms with Gasteiger partial charge >= 0.3 is 0 Å². The Labute approximate surface area is 79.2 Å². The minimum absolute atomic E-state index is 0.182. The van der Waals surface area contributed by atoms with E-state index in [0.717, 1.165) is 10.6 Å². The predicted molar refractivity (Wildman–Crippen MR) is 54.4 cm³/mol. The Bertz CT molecular complexity index is 264. The van der Waals surface area contributed by atoms with Gasteiger partial charge in [0.25, 0.3) is 0 Å². The lowest BCUT2D eigenvalue weighted by Gasteiger charge is -2.13. The number of hydrazine groups is 1. The van der Waals surface area contributed by atoms with Crippen LogP contribution in [0.4, 0.5) is 0 Å². The first kappa shape index (κ1) is 11.6. The molecule has 0 fully saturated rings. The monoisotopic (exact) mass is 180 g/mol. The van der Waals surface area contributed by atoms with Crippen LogP contribution in [0.5, 0.6) is 0 Å². The van der Waals surface area contributed by atoms with Gasteiger partial charge in [-0.25, -0.2) is 5.84 Å². The molecule has 0 aliphatic carbocycles. The van der Waals surface area contributed by atoms with E-state index in [2.05, 4.69) is 6.58 Å². The van der Waals surface area contributed by atoms with Crippen LogP contribution in [-0.2, 0) is 4.79 Å². The lowest BCUT2D eigenvalue weighted by atomic mass is 10.2. The second-order valence-corrected chi connectivity index (χ2v) is 2.81. The number of allylic oxidation sites excluding steroid dienone is 5. The van der Waals surface area contributed by atoms with Crippen molar-refractivity contribution in [1.29, 1.82) is 0 Å². The number of hydrogen-bond donors (Lipinski definition) is 1. The maximum atomic E-state index is 10.8. The third-order valence-corrected chi connectivity index (χ3v) is 1.63. The third kappa shape index (κ3) is 4.28. The standard InChI is InChI=1S/C10H16N2O/c1-5-8(2)6-7-9(3)12(11)10(4)13/h5-7H,1,11H2,2-4H3/b8-6-,9-7+. The van der Waals surface area contributed by atoms with E-state index in [9.17, 15) is 4.79 Å². The molecule has 0 heterocycles. The van der Waals surface area contributed by atoms with Gasteiger partial charge in [-0.05, 0) is 19.9 Å². The van der Waals surface area contributed by atoms with Crippen LogP contribution < -0.4 is 5.84 Å². The summed E-state index contributed by atoms with van der Waals surface area (Å²) in [5, 5.41) is 1.10. The van der Waals surface area contributed by atoms with Crippen LogP contribution in [0.15, 0.2) is 36.1 Å². The van der Waals surface area contributed by atoms with Crippen molar-refractivity contribution < 1.29 is 4.79 Å². The topological polar surface area (TPSA) is 46.3 Å². The fourth-order valence-corrected chi connectivity index (χ4v) is 0.649. The Morgan fingerprint density at radius 3 is 2.23 bits per heavy atom. The van der Waals surface area contributed by atoms with Crippen molar-refractivity contribution >= 4 is 5.91 Å². The molecular weight excluding hydrogens is 164 g/mol. The number of amides is 1. The smallest absolute Gasteiger partial charge is 0.237 e. The quantitative estimate of drug-likeness (QED) is 0.311. The number of carbonyl (C=O) groups excluding carboxylic acids is 1. The van der Waals surface area contributed by atoms with Crippen molar-refractivity contribution in [2.24, 2.45) is 5.84 Å². The molecule has 0 bridgehead atoms. The third-order valence-electron chi connectivity index (χ3n) is 1.63. The number of rotatable bonds is 3. The van der Waals surface area contributed by atoms with Crippen LogP contribution in [0.2, 0.25) is 0 Å². The molecule has 2 N–H and O–H groups in total. The van der Waals surface area contributed by atoms with E-state index in [1.54, 1.807) is 19.1 Å². The molecule has 1 amide bonds. The minimum Gasteiger partial charge on any atom is -0.273 e. The minimum atomic E-state index is -0.182. The number of nitrogens with two attached hydrogens (primary N) is 1. The Morgan fingerprint density at radius 2 is 1.85 bits per heavy atom. The second-order valence-electron chi connectivity index (χ2n) is 2.81. The van der Waals surface area contributed by atoms with Crippen molar-refractivity contribution in [2.45, 2.75) is 20.8 Å². The van der Waals surface area contributed by atoms with Gasteiger partial charge in [0.05, 0.1) is 0 Å². The molecule has 0 spiro atoms. The summed E-state index contributed by atoms with van der Waals surface area (Å²) in [7, 11) is 0. The average molecular weight is 180 g/mol. The Kier molecular flexibility index (Phi) is 4.77. The maximum absolute atomic E-state index is 10.8. The lowest BCUT2D eigenvalue weighted by Crippen LogP contribution is -2.33. The molecule has 0 aliphatic heterocycles. The molecule has 3 heteroatoms. The summed E-state index contributed by atoms with van der Waals surface area (Å²) in [6.07, 6.45) is 5.36. The van der Waals surface area contributed by atoms with E-state index < -0.39 is 0 Å². The van der Waals surface area contributed by atoms with Gasteiger partial charge in [0.15, 0.2) is 0 Å². The molecule has 0 radical (unpaired) electrons. The van der Waals surface area contributed by atoms with Crippen molar-refractivity contribution in [3.05, 3.63) is 36.1 Å². The highest BCUT2D eigenvalue weighted by Crippen LogP contribution is 2.00. The summed E-state index contributed by atoms with van der Waals surface area (Å²) in [5.41, 5.74) is 1.73. The molecule has 0 aromatic rings. The Balaban J connectivity index is 4.50. The zero-order chi connectivity index (χ0) is 10.4. The van der Waals surface area contributed by atoms with Gasteiger partial charge in [0, 0.05) is 12.6 Å². The van der Waals surface area contributed by atoms with Gasteiger partial charge in [0.1, 0.15) is 0 Å². The van der Waals surface area contributed by atoms with Crippen molar-refractivity contribution in [3.63, 3.8) is 0 Å². The molecular formula is C10H16N2O. The largest absolute Gasteiger partial charge is 0.273 e. The van der Waals surface area contributed by atoms with Crippen LogP contribution in [0.1, 0.15) is 20.8 Å². The summed E-state index contributed by atoms with van der Waals surface area (Å²) in [6, 6.07) is 0. The highest BCUT2D eigenvalue weighted by molar-refractivity contribution is 5.74. The number of hydrogen-bond acceptors (Lipinski definition) is 2. The first-order chi connectivity index (χ1) is 5.99. The molecule has 0 saturated carbocycles. The maximum Gasteiger partial charge on any atom is 0.237 e. The van der Waals surface area contributed by atoms with Gasteiger partial charge < -0.3 is 0 Å². The molecule has 0 rings (SSSR count). The van der Waals surface area contributed by atoms with E-state index in [1.807, 2.05) is 13.0 Å². The van der Waals surface area contributed by atoms with E-state index in [1.165, 1.54) is 6.92 Å². The van der Waals surface area contributed by atoms with Gasteiger partial charge in [-0.3, -0.25) is 9.80 Å². The summed E-state index contributed by atoms with van der Waals surface area (Å²) in [5.74, 6) is 5.27. The lowest BCUT2D eigenvalue weighted by molar-refractivity contribution is -0.127. The number of nitrogens with zero attached hydrogens (tertiary/aromatic N) is 1. The van der Waals surface area contributed by atoms with Gasteiger partial charge in [-0.15, -0.1) is 0 Å². The van der Waals surface area contributed by atoms with Crippen LogP contribution >= 0.6 is 0 Å². The molecule has 3 nitrogen and oxygen atoms in total. The van der Waals surface area contributed by atoms with Crippen molar-refractivity contribution in [1.82, 2.24) is 5.01 Å². The van der Waals surface area contributed by atoms with Crippen LogP contribution in [0.25, 0.3) is 0 Å². The number of carbonyl (C=O) groups is 1. The fraction of sp³-hybridized carbons (Fsp3) is 0.300. The first-order valence-corrected chi connectivity index (χ1v) is 4.02. The SMILES string of the molecule is C=C/C(C)=C\C=C(/C)N(N)C(C)=O. The van der Waals surface area contributed by atoms with Gasteiger partial charge in [-0.1, -0.05) is 24.3 Å². The molecule has 0 unspecified atom stereocenters. The molecule has 0 saturated heterocycles. The summed E-state index contributed by atoms with van der Waals surface area (Å²) in [6.45, 7) is 8.72. The van der Waals surface area contributed by atoms with Crippen LogP contribution in [0.3, 0.4) is 0 Å². The molecule has 0 aromatic carbocycles. The van der Waals surface area contributed by atoms with E-state index in [0.29, 0.717) is 5.70 Å². The van der Waals surface area contributed by atoms with Crippen LogP contribution in [-0.4, -0.2) is 10.9 Å². The molecule has 0 aromatic heterocycles. The Hall–Kier alpha value is -1.35. The van der Waals surface area contributed by atoms with E-state index in [-0.39, 0.29) is 5.91 Å². The Morgan fingerprint density at radius 1 is 1.31 bits per heavy atom. The normalized spacial score (nSPS) is 12.6. The second kappa shape index (κ2) is 5.32. The first-order valence-electron chi connectivity index (χ1n) is 4.02. The zero-order valence-electron chi connectivity index (χ0n) is 8.37. The average Bonchev–Trinajstić information content (AvgIpc) is 2.11. The van der Waals surface area contributed by atoms with Gasteiger partial charge in [-0.2, -0.15) is 0 Å². The molecule has 0 atom stereocenters. The zero-order valence-corrected chi connectivity index (χ0v) is 8.37. The van der Waals surface area contributed by atoms with Crippen LogP contribution in [0, 0.1) is 0 Å². The van der Waals surface area contributed by atoms with Crippen molar-refractivity contribution in [2.75, 3.05) is 0 Å². The molecule has 72 valence electrons. The fourth-order valence-electron chi connectivity index (χ4n) is 0.649. The summed E-state index contributed by atoms with van der Waals surface area (Å²) >= 11 is 0. The highest BCUT2D eigenvalue weighted by atomic mass is 16.2. The highest BCUT2D eigenvalue weighted by Gasteiger charge is 2.02. The molecule has 13 heavy (non-hydrogen) atoms. The molecule has 0 aliphatic rings. The van der Waals surface area contributed by atoms with Gasteiger partial charge in [0.2, 0.25) is 5.91 Å². The van der Waals surface area contributed by atoms with E-state index in [4.69, 9.17) is 5.84 Å². The van der Waals surface area contributed by atoms with E-state index >= 15 is 0 Å². The predicted octanol–water partition coefficient (Wildman–Crippen LogP) is 1.74. The summed E-state index contributed by atoms with van der Waals surface area (Å²) < 4.78 is 0.